The normalized spacial score (nSPS) is 14.1. The Bertz CT molecular complexity index is 346. The molecule has 0 saturated carbocycles. The molecule has 0 fully saturated rings. The van der Waals surface area contributed by atoms with E-state index in [-0.39, 0.29) is 10.7 Å². The van der Waals surface area contributed by atoms with Crippen LogP contribution in [0.5, 0.6) is 0 Å². The molecule has 0 aromatic carbocycles. The maximum Gasteiger partial charge on any atom is 0.343 e. The van der Waals surface area contributed by atoms with Crippen LogP contribution >= 0.6 is 7.60 Å². The standard InChI is InChI=1S/C4H9N4O4PS/c1-11-13(9,12-2)3-14(10)4-5-7-8-6-4/h3H2,1-2H3,(H,5,6,7,8). The van der Waals surface area contributed by atoms with Gasteiger partial charge in [0.05, 0.1) is 0 Å². The molecule has 1 aromatic rings. The number of aromatic amines is 1. The van der Waals surface area contributed by atoms with E-state index in [1.54, 1.807) is 0 Å². The summed E-state index contributed by atoms with van der Waals surface area (Å²) in [5.41, 5.74) is -0.292. The Morgan fingerprint density at radius 2 is 2.14 bits per heavy atom. The van der Waals surface area contributed by atoms with Crippen molar-refractivity contribution in [2.24, 2.45) is 0 Å². The van der Waals surface area contributed by atoms with Crippen LogP contribution in [0.15, 0.2) is 5.16 Å². The molecule has 1 heterocycles. The minimum Gasteiger partial charge on any atom is -0.311 e. The van der Waals surface area contributed by atoms with Crippen molar-refractivity contribution in [2.45, 2.75) is 5.16 Å². The Kier molecular flexibility index (Phi) is 3.87. The van der Waals surface area contributed by atoms with Crippen LogP contribution < -0.4 is 0 Å². The Morgan fingerprint density at radius 1 is 1.50 bits per heavy atom. The Labute approximate surface area is 82.4 Å². The molecule has 14 heavy (non-hydrogen) atoms. The topological polar surface area (TPSA) is 107 Å². The molecule has 0 bridgehead atoms. The summed E-state index contributed by atoms with van der Waals surface area (Å²) in [5, 5.41) is 12.3. The molecule has 1 rings (SSSR count). The highest BCUT2D eigenvalue weighted by Crippen LogP contribution is 2.47. The number of nitrogens with one attached hydrogen (secondary N) is 1. The molecule has 80 valence electrons. The summed E-state index contributed by atoms with van der Waals surface area (Å²) in [6.45, 7) is 0. The molecule has 0 saturated heterocycles. The van der Waals surface area contributed by atoms with E-state index in [2.05, 4.69) is 29.7 Å². The molecule has 0 aliphatic heterocycles. The molecule has 0 aliphatic rings. The second-order valence-electron chi connectivity index (χ2n) is 2.15. The zero-order valence-corrected chi connectivity index (χ0v) is 9.25. The lowest BCUT2D eigenvalue weighted by atomic mass is 11.4. The summed E-state index contributed by atoms with van der Waals surface area (Å²) in [4.78, 5) is 0. The molecule has 0 radical (unpaired) electrons. The molecule has 1 aromatic heterocycles. The zero-order chi connectivity index (χ0) is 10.6. The first-order valence-electron chi connectivity index (χ1n) is 3.43. The maximum absolute atomic E-state index is 11.5. The van der Waals surface area contributed by atoms with Gasteiger partial charge in [0.25, 0.3) is 5.16 Å². The lowest BCUT2D eigenvalue weighted by molar-refractivity contribution is 0.280. The Morgan fingerprint density at radius 3 is 2.57 bits per heavy atom. The predicted octanol–water partition coefficient (Wildman–Crippen LogP) is -0.249. The van der Waals surface area contributed by atoms with Crippen LogP contribution in [0, 0.1) is 0 Å². The van der Waals surface area contributed by atoms with Gasteiger partial charge in [0, 0.05) is 14.2 Å². The predicted molar refractivity (Wildman–Crippen MR) is 47.1 cm³/mol. The van der Waals surface area contributed by atoms with Crippen molar-refractivity contribution in [2.75, 3.05) is 19.7 Å². The number of tetrazole rings is 1. The van der Waals surface area contributed by atoms with Crippen LogP contribution in [-0.2, 0) is 24.4 Å². The first-order chi connectivity index (χ1) is 6.61. The van der Waals surface area contributed by atoms with Gasteiger partial charge in [-0.2, -0.15) is 5.21 Å². The average Bonchev–Trinajstić information content (AvgIpc) is 2.70. The lowest BCUT2D eigenvalue weighted by Gasteiger charge is -2.10. The first kappa shape index (κ1) is 11.4. The highest BCUT2D eigenvalue weighted by Gasteiger charge is 2.27. The zero-order valence-electron chi connectivity index (χ0n) is 7.54. The fourth-order valence-electron chi connectivity index (χ4n) is 0.630. The van der Waals surface area contributed by atoms with E-state index < -0.39 is 18.4 Å². The molecule has 0 spiro atoms. The SMILES string of the molecule is COP(=O)(CS(=O)c1nn[nH]n1)OC. The summed E-state index contributed by atoms with van der Waals surface area (Å²) in [5.74, 6) is 0. The van der Waals surface area contributed by atoms with Crippen molar-refractivity contribution in [3.05, 3.63) is 0 Å². The third-order valence-corrected chi connectivity index (χ3v) is 5.26. The van der Waals surface area contributed by atoms with Crippen molar-refractivity contribution in [1.29, 1.82) is 0 Å². The number of H-pyrrole nitrogens is 1. The van der Waals surface area contributed by atoms with Gasteiger partial charge in [-0.05, 0) is 5.21 Å². The van der Waals surface area contributed by atoms with E-state index in [4.69, 9.17) is 0 Å². The van der Waals surface area contributed by atoms with Crippen molar-refractivity contribution < 1.29 is 17.8 Å². The van der Waals surface area contributed by atoms with Gasteiger partial charge in [0.2, 0.25) is 0 Å². The van der Waals surface area contributed by atoms with E-state index in [0.717, 1.165) is 0 Å². The largest absolute Gasteiger partial charge is 0.343 e. The van der Waals surface area contributed by atoms with Crippen molar-refractivity contribution in [3.63, 3.8) is 0 Å². The van der Waals surface area contributed by atoms with E-state index in [0.29, 0.717) is 0 Å². The van der Waals surface area contributed by atoms with Gasteiger partial charge in [-0.1, -0.05) is 5.10 Å². The van der Waals surface area contributed by atoms with E-state index in [1.165, 1.54) is 14.2 Å². The summed E-state index contributed by atoms with van der Waals surface area (Å²) in [7, 11) is -2.51. The monoisotopic (exact) mass is 240 g/mol. The van der Waals surface area contributed by atoms with Crippen LogP contribution in [0.2, 0.25) is 0 Å². The number of hydrogen-bond acceptors (Lipinski definition) is 7. The van der Waals surface area contributed by atoms with Gasteiger partial charge in [0.15, 0.2) is 0 Å². The third kappa shape index (κ3) is 2.68. The van der Waals surface area contributed by atoms with E-state index in [9.17, 15) is 8.77 Å². The van der Waals surface area contributed by atoms with Gasteiger partial charge in [-0.3, -0.25) is 8.77 Å². The smallest absolute Gasteiger partial charge is 0.311 e. The molecule has 10 heteroatoms. The van der Waals surface area contributed by atoms with Crippen LogP contribution in [0.4, 0.5) is 0 Å². The summed E-state index contributed by atoms with van der Waals surface area (Å²) >= 11 is 0. The fraction of sp³-hybridized carbons (Fsp3) is 0.750. The minimum absolute atomic E-state index is 0.0284. The van der Waals surface area contributed by atoms with Gasteiger partial charge >= 0.3 is 7.60 Å². The molecule has 1 N–H and O–H groups in total. The molecule has 0 amide bonds. The van der Waals surface area contributed by atoms with Gasteiger partial charge in [0.1, 0.15) is 16.3 Å². The summed E-state index contributed by atoms with van der Waals surface area (Å²) in [6, 6.07) is 0. The van der Waals surface area contributed by atoms with Gasteiger partial charge < -0.3 is 9.05 Å². The lowest BCUT2D eigenvalue weighted by Crippen LogP contribution is -2.04. The average molecular weight is 240 g/mol. The number of aromatic nitrogens is 4. The second-order valence-corrected chi connectivity index (χ2v) is 6.19. The van der Waals surface area contributed by atoms with E-state index in [1.807, 2.05) is 0 Å². The third-order valence-electron chi connectivity index (χ3n) is 1.36. The van der Waals surface area contributed by atoms with Crippen LogP contribution in [-0.4, -0.2) is 44.5 Å². The Balaban J connectivity index is 2.70. The molecular formula is C4H9N4O4PS. The maximum atomic E-state index is 11.5. The number of hydrogen-bond donors (Lipinski definition) is 1. The molecule has 1 atom stereocenters. The van der Waals surface area contributed by atoms with Crippen molar-refractivity contribution in [3.8, 4) is 0 Å². The molecular weight excluding hydrogens is 231 g/mol. The minimum atomic E-state index is -3.30. The van der Waals surface area contributed by atoms with Crippen LogP contribution in [0.3, 0.4) is 0 Å². The number of rotatable bonds is 5. The Hall–Kier alpha value is -0.630. The molecule has 1 unspecified atom stereocenters. The summed E-state index contributed by atoms with van der Waals surface area (Å²) < 4.78 is 32.2. The molecule has 8 nitrogen and oxygen atoms in total. The summed E-state index contributed by atoms with van der Waals surface area (Å²) in [6.07, 6.45) is 0. The quantitative estimate of drug-likeness (QED) is 0.707. The van der Waals surface area contributed by atoms with E-state index >= 15 is 0 Å². The second kappa shape index (κ2) is 4.74. The molecule has 0 aliphatic carbocycles. The van der Waals surface area contributed by atoms with Crippen LogP contribution in [0.25, 0.3) is 0 Å². The highest BCUT2D eigenvalue weighted by molar-refractivity contribution is 7.92. The number of nitrogens with zero attached hydrogens (tertiary/aromatic N) is 3. The van der Waals surface area contributed by atoms with Gasteiger partial charge in [-0.15, -0.1) is 5.10 Å². The first-order valence-corrected chi connectivity index (χ1v) is 6.48. The van der Waals surface area contributed by atoms with Crippen molar-refractivity contribution >= 4 is 18.4 Å². The fourth-order valence-corrected chi connectivity index (χ4v) is 3.51. The van der Waals surface area contributed by atoms with Gasteiger partial charge in [-0.25, -0.2) is 0 Å². The van der Waals surface area contributed by atoms with Crippen molar-refractivity contribution in [1.82, 2.24) is 20.6 Å². The highest BCUT2D eigenvalue weighted by atomic mass is 32.2. The van der Waals surface area contributed by atoms with Crippen LogP contribution in [0.1, 0.15) is 0 Å².